The van der Waals surface area contributed by atoms with Crippen molar-refractivity contribution in [2.45, 2.75) is 53.0 Å². The third kappa shape index (κ3) is 5.65. The summed E-state index contributed by atoms with van der Waals surface area (Å²) < 4.78 is 0. The fraction of sp³-hybridized carbons (Fsp3) is 0.650. The zero-order chi connectivity index (χ0) is 16.8. The van der Waals surface area contributed by atoms with E-state index in [1.165, 1.54) is 24.0 Å². The average molecular weight is 316 g/mol. The molecule has 0 spiro atoms. The minimum Gasteiger partial charge on any atom is -0.354 e. The highest BCUT2D eigenvalue weighted by Crippen LogP contribution is 2.26. The van der Waals surface area contributed by atoms with Gasteiger partial charge in [-0.3, -0.25) is 9.69 Å². The maximum absolute atomic E-state index is 12.0. The summed E-state index contributed by atoms with van der Waals surface area (Å²) in [6.45, 7) is 11.6. The fourth-order valence-corrected chi connectivity index (χ4v) is 3.24. The van der Waals surface area contributed by atoms with Gasteiger partial charge in [0.05, 0.1) is 6.04 Å². The van der Waals surface area contributed by atoms with Crippen LogP contribution >= 0.6 is 0 Å². The molecule has 1 heterocycles. The topological polar surface area (TPSA) is 32.3 Å². The van der Waals surface area contributed by atoms with E-state index >= 15 is 0 Å². The Bertz CT molecular complexity index is 487. The number of aryl methyl sites for hydroxylation is 1. The van der Waals surface area contributed by atoms with Gasteiger partial charge in [0.2, 0.25) is 5.91 Å². The second kappa shape index (κ2) is 8.49. The molecule has 1 aliphatic rings. The highest BCUT2D eigenvalue weighted by Gasteiger charge is 2.25. The van der Waals surface area contributed by atoms with E-state index in [-0.39, 0.29) is 5.91 Å². The number of nitrogens with one attached hydrogen (secondary N) is 1. The molecule has 3 nitrogen and oxygen atoms in total. The maximum atomic E-state index is 12.0. The van der Waals surface area contributed by atoms with E-state index in [4.69, 9.17) is 0 Å². The molecule has 1 amide bonds. The van der Waals surface area contributed by atoms with Gasteiger partial charge >= 0.3 is 0 Å². The van der Waals surface area contributed by atoms with E-state index < -0.39 is 0 Å². The van der Waals surface area contributed by atoms with Crippen molar-refractivity contribution in [2.75, 3.05) is 19.6 Å². The molecule has 128 valence electrons. The fourth-order valence-electron chi connectivity index (χ4n) is 3.24. The quantitative estimate of drug-likeness (QED) is 0.862. The van der Waals surface area contributed by atoms with Gasteiger partial charge in [0, 0.05) is 13.0 Å². The van der Waals surface area contributed by atoms with E-state index in [2.05, 4.69) is 62.2 Å². The summed E-state index contributed by atoms with van der Waals surface area (Å²) in [6, 6.07) is 9.06. The predicted molar refractivity (Wildman–Crippen MR) is 96.4 cm³/mol. The van der Waals surface area contributed by atoms with Crippen molar-refractivity contribution in [3.8, 4) is 0 Å². The Hall–Kier alpha value is -1.35. The van der Waals surface area contributed by atoms with Crippen LogP contribution < -0.4 is 5.32 Å². The van der Waals surface area contributed by atoms with Crippen LogP contribution in [0.4, 0.5) is 0 Å². The van der Waals surface area contributed by atoms with E-state index in [0.29, 0.717) is 24.9 Å². The molecule has 1 saturated heterocycles. The number of carbonyl (C=O) groups excluding carboxylic acids is 1. The summed E-state index contributed by atoms with van der Waals surface area (Å²) in [5.41, 5.74) is 2.60. The van der Waals surface area contributed by atoms with Crippen molar-refractivity contribution in [1.29, 1.82) is 0 Å². The zero-order valence-electron chi connectivity index (χ0n) is 15.1. The molecule has 0 aliphatic carbocycles. The van der Waals surface area contributed by atoms with E-state index in [9.17, 15) is 4.79 Å². The number of nitrogens with zero attached hydrogens (tertiary/aromatic N) is 1. The highest BCUT2D eigenvalue weighted by molar-refractivity contribution is 5.76. The molecular formula is C20H32N2O. The Morgan fingerprint density at radius 3 is 2.39 bits per heavy atom. The molecule has 23 heavy (non-hydrogen) atoms. The van der Waals surface area contributed by atoms with Crippen LogP contribution in [0, 0.1) is 18.8 Å². The van der Waals surface area contributed by atoms with Crippen LogP contribution in [0.15, 0.2) is 24.3 Å². The summed E-state index contributed by atoms with van der Waals surface area (Å²) in [4.78, 5) is 14.6. The van der Waals surface area contributed by atoms with Crippen molar-refractivity contribution in [3.63, 3.8) is 0 Å². The molecule has 1 unspecified atom stereocenters. The molecule has 1 aliphatic heterocycles. The number of piperidine rings is 1. The van der Waals surface area contributed by atoms with Crippen molar-refractivity contribution in [2.24, 2.45) is 11.8 Å². The first-order chi connectivity index (χ1) is 11.0. The van der Waals surface area contributed by atoms with Crippen LogP contribution in [-0.4, -0.2) is 30.4 Å². The number of rotatable bonds is 6. The smallest absolute Gasteiger partial charge is 0.220 e. The Kier molecular flexibility index (Phi) is 6.64. The molecule has 0 aromatic heterocycles. The lowest BCUT2D eigenvalue weighted by Gasteiger charge is -2.37. The van der Waals surface area contributed by atoms with E-state index in [1.54, 1.807) is 0 Å². The molecule has 1 aromatic rings. The third-order valence-electron chi connectivity index (χ3n) is 4.81. The molecule has 1 N–H and O–H groups in total. The maximum Gasteiger partial charge on any atom is 0.220 e. The van der Waals surface area contributed by atoms with Crippen LogP contribution in [0.25, 0.3) is 0 Å². The van der Waals surface area contributed by atoms with Crippen molar-refractivity contribution in [1.82, 2.24) is 10.2 Å². The molecular weight excluding hydrogens is 284 g/mol. The van der Waals surface area contributed by atoms with Gasteiger partial charge in [0.1, 0.15) is 0 Å². The Morgan fingerprint density at radius 1 is 1.22 bits per heavy atom. The summed E-state index contributed by atoms with van der Waals surface area (Å²) in [6.07, 6.45) is 3.11. The number of hydrogen-bond donors (Lipinski definition) is 1. The normalized spacial score (nSPS) is 18.1. The Labute approximate surface area is 141 Å². The Balaban J connectivity index is 2.05. The summed E-state index contributed by atoms with van der Waals surface area (Å²) in [5, 5.41) is 3.16. The first-order valence-corrected chi connectivity index (χ1v) is 9.03. The van der Waals surface area contributed by atoms with Gasteiger partial charge in [0.25, 0.3) is 0 Å². The minimum absolute atomic E-state index is 0.169. The van der Waals surface area contributed by atoms with Crippen LogP contribution in [0.5, 0.6) is 0 Å². The van der Waals surface area contributed by atoms with Crippen LogP contribution in [0.2, 0.25) is 0 Å². The largest absolute Gasteiger partial charge is 0.354 e. The lowest BCUT2D eigenvalue weighted by atomic mass is 9.95. The molecule has 1 fully saturated rings. The van der Waals surface area contributed by atoms with Crippen LogP contribution in [-0.2, 0) is 4.79 Å². The van der Waals surface area contributed by atoms with Gasteiger partial charge in [-0.1, -0.05) is 50.6 Å². The standard InChI is InChI=1S/C20H32N2O/c1-15(2)13-20(23)21-14-19(18-7-5-16(3)6-8-18)22-11-9-17(4)10-12-22/h5-8,15,17,19H,9-14H2,1-4H3,(H,21,23). The highest BCUT2D eigenvalue weighted by atomic mass is 16.1. The third-order valence-corrected chi connectivity index (χ3v) is 4.81. The van der Waals surface area contributed by atoms with Crippen molar-refractivity contribution in [3.05, 3.63) is 35.4 Å². The van der Waals surface area contributed by atoms with Crippen molar-refractivity contribution < 1.29 is 4.79 Å². The number of likely N-dealkylation sites (tertiary alicyclic amines) is 1. The molecule has 0 radical (unpaired) electrons. The number of carbonyl (C=O) groups is 1. The average Bonchev–Trinajstić information content (AvgIpc) is 2.50. The molecule has 0 bridgehead atoms. The lowest BCUT2D eigenvalue weighted by Crippen LogP contribution is -2.42. The summed E-state index contributed by atoms with van der Waals surface area (Å²) in [5.74, 6) is 1.40. The van der Waals surface area contributed by atoms with Gasteiger partial charge in [-0.05, 0) is 50.3 Å². The minimum atomic E-state index is 0.169. The summed E-state index contributed by atoms with van der Waals surface area (Å²) in [7, 11) is 0. The van der Waals surface area contributed by atoms with Crippen LogP contribution in [0.1, 0.15) is 57.2 Å². The molecule has 2 rings (SSSR count). The monoisotopic (exact) mass is 316 g/mol. The molecule has 0 saturated carbocycles. The second-order valence-corrected chi connectivity index (χ2v) is 7.55. The Morgan fingerprint density at radius 2 is 1.83 bits per heavy atom. The molecule has 3 heteroatoms. The summed E-state index contributed by atoms with van der Waals surface area (Å²) >= 11 is 0. The number of hydrogen-bond acceptors (Lipinski definition) is 2. The second-order valence-electron chi connectivity index (χ2n) is 7.55. The predicted octanol–water partition coefficient (Wildman–Crippen LogP) is 3.93. The first kappa shape index (κ1) is 18.0. The molecule has 1 atom stereocenters. The van der Waals surface area contributed by atoms with Crippen molar-refractivity contribution >= 4 is 5.91 Å². The first-order valence-electron chi connectivity index (χ1n) is 9.03. The number of benzene rings is 1. The number of amides is 1. The van der Waals surface area contributed by atoms with Gasteiger partial charge in [-0.15, -0.1) is 0 Å². The SMILES string of the molecule is Cc1ccc(C(CNC(=O)CC(C)C)N2CCC(C)CC2)cc1. The van der Waals surface area contributed by atoms with Gasteiger partial charge in [-0.25, -0.2) is 0 Å². The van der Waals surface area contributed by atoms with E-state index in [0.717, 1.165) is 19.0 Å². The van der Waals surface area contributed by atoms with Gasteiger partial charge < -0.3 is 5.32 Å². The zero-order valence-corrected chi connectivity index (χ0v) is 15.1. The van der Waals surface area contributed by atoms with Gasteiger partial charge in [-0.2, -0.15) is 0 Å². The molecule has 1 aromatic carbocycles. The van der Waals surface area contributed by atoms with E-state index in [1.807, 2.05) is 0 Å². The van der Waals surface area contributed by atoms with Crippen LogP contribution in [0.3, 0.4) is 0 Å². The van der Waals surface area contributed by atoms with Gasteiger partial charge in [0.15, 0.2) is 0 Å². The lowest BCUT2D eigenvalue weighted by molar-refractivity contribution is -0.122.